The number of benzene rings is 2. The Labute approximate surface area is 209 Å². The van der Waals surface area contributed by atoms with Gasteiger partial charge in [-0.3, -0.25) is 4.79 Å². The van der Waals surface area contributed by atoms with Gasteiger partial charge in [0.2, 0.25) is 0 Å². The van der Waals surface area contributed by atoms with Crippen molar-refractivity contribution >= 4 is 27.3 Å². The number of fused-ring (bicyclic) bond motifs is 3. The Balaban J connectivity index is 0.000000246. The average molecular weight is 622 g/mol. The third-order valence-corrected chi connectivity index (χ3v) is 5.16. The van der Waals surface area contributed by atoms with Crippen molar-refractivity contribution in [2.75, 3.05) is 0 Å². The molecule has 2 aromatic heterocycles. The van der Waals surface area contributed by atoms with E-state index in [0.29, 0.717) is 5.76 Å². The molecular formula is C28H31IrNO3. The maximum atomic E-state index is 9.60. The molecule has 0 amide bonds. The normalized spacial score (nSPS) is 12.1. The molecule has 0 aliphatic heterocycles. The van der Waals surface area contributed by atoms with Crippen LogP contribution in [0.25, 0.3) is 33.0 Å². The number of hydrogen-bond acceptors (Lipinski definition) is 3. The first-order valence-corrected chi connectivity index (χ1v) is 10.7. The number of carbonyl (C=O) groups excluding carboxylic acids is 1. The Morgan fingerprint density at radius 3 is 2.24 bits per heavy atom. The van der Waals surface area contributed by atoms with E-state index in [1.54, 1.807) is 12.3 Å². The Kier molecular flexibility index (Phi) is 8.40. The maximum absolute atomic E-state index is 9.60. The molecule has 1 radical (unpaired) electrons. The van der Waals surface area contributed by atoms with Gasteiger partial charge in [-0.1, -0.05) is 57.2 Å². The second kappa shape index (κ2) is 10.5. The van der Waals surface area contributed by atoms with Gasteiger partial charge in [0, 0.05) is 43.2 Å². The first-order chi connectivity index (χ1) is 15.0. The van der Waals surface area contributed by atoms with Gasteiger partial charge in [0.25, 0.3) is 0 Å². The number of rotatable bonds is 2. The summed E-state index contributed by atoms with van der Waals surface area (Å²) >= 11 is 0. The van der Waals surface area contributed by atoms with Gasteiger partial charge in [-0.25, -0.2) is 0 Å². The number of allylic oxidation sites excluding steroid dienone is 2. The maximum Gasteiger partial charge on any atom is 0.325 e. The minimum Gasteiger partial charge on any atom is -0.545 e. The predicted molar refractivity (Wildman–Crippen MR) is 132 cm³/mol. The van der Waals surface area contributed by atoms with E-state index in [2.05, 4.69) is 47.4 Å². The summed E-state index contributed by atoms with van der Waals surface area (Å²) in [5.74, 6) is 1.10. The first-order valence-electron chi connectivity index (χ1n) is 10.7. The molecule has 0 atom stereocenters. The van der Waals surface area contributed by atoms with E-state index in [0.717, 1.165) is 11.1 Å². The molecule has 2 aromatic carbocycles. The van der Waals surface area contributed by atoms with Crippen molar-refractivity contribution in [1.29, 1.82) is 0 Å². The zero-order valence-corrected chi connectivity index (χ0v) is 22.3. The summed E-state index contributed by atoms with van der Waals surface area (Å²) in [5, 5.41) is 14.3. The van der Waals surface area contributed by atoms with Gasteiger partial charge in [0.15, 0.2) is 0 Å². The van der Waals surface area contributed by atoms with Crippen LogP contribution >= 0.6 is 0 Å². The minimum absolute atomic E-state index is 0. The van der Waals surface area contributed by atoms with Crippen LogP contribution in [0.1, 0.15) is 41.5 Å². The van der Waals surface area contributed by atoms with Gasteiger partial charge in [0.05, 0.1) is 11.5 Å². The first kappa shape index (κ1) is 26.5. The number of aliphatic hydroxyl groups is 1. The third-order valence-electron chi connectivity index (χ3n) is 5.16. The number of pyridine rings is 1. The quantitative estimate of drug-likeness (QED) is 0.0828. The number of aromatic nitrogens is 1. The SMILES string of the molecule is CC(C)(C)C(=[OH+])/C=C(\O)C(C)(C)C.[Ir].[c-]1ccoc1-c1nccc2c1ccc1ccccc12. The summed E-state index contributed by atoms with van der Waals surface area (Å²) in [6.45, 7) is 11.4. The van der Waals surface area contributed by atoms with E-state index in [9.17, 15) is 9.90 Å². The summed E-state index contributed by atoms with van der Waals surface area (Å²) in [5.41, 5.74) is 0.228. The molecule has 0 unspecified atom stereocenters. The molecule has 0 aliphatic carbocycles. The number of nitrogens with zero attached hydrogens (tertiary/aromatic N) is 1. The van der Waals surface area contributed by atoms with Gasteiger partial charge in [-0.05, 0) is 54.6 Å². The van der Waals surface area contributed by atoms with Gasteiger partial charge >= 0.3 is 5.78 Å². The summed E-state index contributed by atoms with van der Waals surface area (Å²) in [6, 6.07) is 19.4. The Morgan fingerprint density at radius 1 is 0.939 bits per heavy atom. The molecule has 0 spiro atoms. The van der Waals surface area contributed by atoms with Crippen LogP contribution in [0, 0.1) is 16.9 Å². The van der Waals surface area contributed by atoms with E-state index < -0.39 is 0 Å². The van der Waals surface area contributed by atoms with E-state index in [4.69, 9.17) is 4.42 Å². The number of ketones is 1. The molecule has 4 nitrogen and oxygen atoms in total. The van der Waals surface area contributed by atoms with E-state index in [1.807, 2.05) is 53.8 Å². The monoisotopic (exact) mass is 622 g/mol. The molecule has 5 heteroatoms. The van der Waals surface area contributed by atoms with Gasteiger partial charge < -0.3 is 14.5 Å². The molecule has 0 aliphatic rings. The van der Waals surface area contributed by atoms with Gasteiger partial charge in [-0.15, -0.1) is 12.1 Å². The zero-order chi connectivity index (χ0) is 23.5. The van der Waals surface area contributed by atoms with E-state index in [1.165, 1.54) is 22.2 Å². The molecule has 0 saturated heterocycles. The Morgan fingerprint density at radius 2 is 1.64 bits per heavy atom. The van der Waals surface area contributed by atoms with Crippen molar-refractivity contribution in [3.8, 4) is 11.5 Å². The van der Waals surface area contributed by atoms with Crippen LogP contribution in [0.15, 0.2) is 77.2 Å². The Bertz CT molecular complexity index is 1260. The largest absolute Gasteiger partial charge is 0.545 e. The van der Waals surface area contributed by atoms with Crippen molar-refractivity contribution in [2.24, 2.45) is 10.8 Å². The zero-order valence-electron chi connectivity index (χ0n) is 19.9. The fourth-order valence-corrected chi connectivity index (χ4v) is 3.05. The topological polar surface area (TPSA) is 67.7 Å². The molecule has 2 N–H and O–H groups in total. The second-order valence-corrected chi connectivity index (χ2v) is 9.85. The van der Waals surface area contributed by atoms with Crippen molar-refractivity contribution < 1.29 is 34.4 Å². The van der Waals surface area contributed by atoms with Crippen LogP contribution in [-0.2, 0) is 20.1 Å². The Hall–Kier alpha value is -2.75. The summed E-state index contributed by atoms with van der Waals surface area (Å²) in [4.78, 5) is 14.0. The van der Waals surface area contributed by atoms with Crippen molar-refractivity contribution in [3.63, 3.8) is 0 Å². The molecule has 2 heterocycles. The summed E-state index contributed by atoms with van der Waals surface area (Å²) in [6.07, 6.45) is 4.89. The standard InChI is InChI=1S/C17H10NO.C11H20O2.Ir/c1-2-5-13-12(4-1)7-8-15-14(13)9-10-18-17(15)16-6-3-11-19-16;1-10(2,3)8(12)7-9(13)11(4,5)6;/h1-5,7-11H;7,12H,1-6H3;/q-1;;/p+1/b;8-7-;. The fourth-order valence-electron chi connectivity index (χ4n) is 3.05. The van der Waals surface area contributed by atoms with E-state index in [-0.39, 0.29) is 42.5 Å². The third kappa shape index (κ3) is 6.40. The van der Waals surface area contributed by atoms with Gasteiger partial charge in [-0.2, -0.15) is 0 Å². The molecule has 4 rings (SSSR count). The van der Waals surface area contributed by atoms with Crippen LogP contribution in [0.5, 0.6) is 0 Å². The molecular weight excluding hydrogens is 591 g/mol. The molecule has 33 heavy (non-hydrogen) atoms. The van der Waals surface area contributed by atoms with Crippen molar-refractivity contribution in [3.05, 3.63) is 78.9 Å². The smallest absolute Gasteiger partial charge is 0.325 e. The molecule has 175 valence electrons. The van der Waals surface area contributed by atoms with Crippen molar-refractivity contribution in [2.45, 2.75) is 41.5 Å². The molecule has 0 fully saturated rings. The van der Waals surface area contributed by atoms with Crippen LogP contribution in [0.2, 0.25) is 0 Å². The van der Waals surface area contributed by atoms with Crippen molar-refractivity contribution in [1.82, 2.24) is 4.98 Å². The second-order valence-electron chi connectivity index (χ2n) is 9.85. The summed E-state index contributed by atoms with van der Waals surface area (Å²) < 4.78 is 5.42. The minimum atomic E-state index is -0.306. The fraction of sp³-hybridized carbons (Fsp3) is 0.286. The molecule has 4 aromatic rings. The van der Waals surface area contributed by atoms with E-state index >= 15 is 0 Å². The van der Waals surface area contributed by atoms with Crippen LogP contribution in [0.3, 0.4) is 0 Å². The van der Waals surface area contributed by atoms with Gasteiger partial charge in [0.1, 0.15) is 5.76 Å². The van der Waals surface area contributed by atoms with Crippen LogP contribution in [-0.4, -0.2) is 20.7 Å². The van der Waals surface area contributed by atoms with Crippen LogP contribution < -0.4 is 0 Å². The number of furan rings is 1. The summed E-state index contributed by atoms with van der Waals surface area (Å²) in [7, 11) is 0. The number of hydrogen-bond donors (Lipinski definition) is 1. The molecule has 0 saturated carbocycles. The molecule has 0 bridgehead atoms. The number of aliphatic hydroxyl groups excluding tert-OH is 1. The predicted octanol–water partition coefficient (Wildman–Crippen LogP) is 7.51. The average Bonchev–Trinajstić information content (AvgIpc) is 3.27. The van der Waals surface area contributed by atoms with Crippen LogP contribution in [0.4, 0.5) is 0 Å².